The van der Waals surface area contributed by atoms with Crippen molar-refractivity contribution in [3.05, 3.63) is 29.8 Å². The fraction of sp³-hybridized carbons (Fsp3) is 0.500. The van der Waals surface area contributed by atoms with Crippen molar-refractivity contribution >= 4 is 34.8 Å². The Morgan fingerprint density at radius 3 is 2.71 bits per heavy atom. The Balaban J connectivity index is 1.58. The van der Waals surface area contributed by atoms with Crippen molar-refractivity contribution < 1.29 is 9.59 Å². The summed E-state index contributed by atoms with van der Waals surface area (Å²) in [5.74, 6) is -0.0551. The smallest absolute Gasteiger partial charge is 0.245 e. The number of hydrogen-bond acceptors (Lipinski definition) is 4. The summed E-state index contributed by atoms with van der Waals surface area (Å²) in [6, 6.07) is 8.63. The molecule has 0 aliphatic carbocycles. The summed E-state index contributed by atoms with van der Waals surface area (Å²) in [4.78, 5) is 28.9. The number of carbonyl (C=O) groups excluding carboxylic acids is 2. The van der Waals surface area contributed by atoms with E-state index >= 15 is 0 Å². The van der Waals surface area contributed by atoms with E-state index in [2.05, 4.69) is 16.7 Å². The fourth-order valence-corrected chi connectivity index (χ4v) is 3.88. The summed E-state index contributed by atoms with van der Waals surface area (Å²) >= 11 is 5.36. The molecule has 28 heavy (non-hydrogen) atoms. The van der Waals surface area contributed by atoms with Crippen LogP contribution in [0, 0.1) is 11.3 Å². The molecule has 2 amide bonds. The summed E-state index contributed by atoms with van der Waals surface area (Å²) in [6.45, 7) is 2.32. The molecule has 2 fully saturated rings. The topological polar surface area (TPSA) is 88.5 Å². The number of amides is 2. The maximum atomic E-state index is 12.9. The summed E-state index contributed by atoms with van der Waals surface area (Å²) in [5, 5.41) is 15.4. The largest absolute Gasteiger partial charge is 0.351 e. The number of thiocarbonyl (C=S) groups is 1. The number of likely N-dealkylation sites (tertiary alicyclic amines) is 2. The minimum atomic E-state index is -0.451. The Kier molecular flexibility index (Phi) is 6.82. The molecule has 7 nitrogen and oxygen atoms in total. The molecule has 1 aromatic carbocycles. The van der Waals surface area contributed by atoms with Crippen LogP contribution in [0.4, 0.5) is 5.69 Å². The lowest BCUT2D eigenvalue weighted by atomic mass is 10.1. The van der Waals surface area contributed by atoms with Crippen LogP contribution in [-0.4, -0.2) is 58.9 Å². The molecular formula is C20H25N5O2S. The van der Waals surface area contributed by atoms with Crippen LogP contribution in [0.3, 0.4) is 0 Å². The van der Waals surface area contributed by atoms with Crippen LogP contribution in [0.25, 0.3) is 0 Å². The van der Waals surface area contributed by atoms with Crippen LogP contribution >= 0.6 is 12.2 Å². The molecule has 0 spiro atoms. The molecule has 0 saturated carbocycles. The third kappa shape index (κ3) is 5.20. The molecule has 0 radical (unpaired) electrons. The van der Waals surface area contributed by atoms with Gasteiger partial charge in [-0.2, -0.15) is 5.26 Å². The molecule has 3 rings (SSSR count). The summed E-state index contributed by atoms with van der Waals surface area (Å²) in [7, 11) is 0. The number of nitrogens with zero attached hydrogens (tertiary/aromatic N) is 3. The summed E-state index contributed by atoms with van der Waals surface area (Å²) in [5.41, 5.74) is 1.23. The van der Waals surface area contributed by atoms with E-state index in [1.165, 1.54) is 0 Å². The normalized spacial score (nSPS) is 19.7. The number of hydrogen-bond donors (Lipinski definition) is 2. The van der Waals surface area contributed by atoms with E-state index in [-0.39, 0.29) is 18.4 Å². The Labute approximate surface area is 170 Å². The fourth-order valence-electron chi connectivity index (χ4n) is 3.62. The van der Waals surface area contributed by atoms with Crippen LogP contribution in [0.5, 0.6) is 0 Å². The van der Waals surface area contributed by atoms with E-state index in [9.17, 15) is 9.59 Å². The maximum absolute atomic E-state index is 12.9. The molecule has 0 unspecified atom stereocenters. The highest BCUT2D eigenvalue weighted by atomic mass is 32.1. The average Bonchev–Trinajstić information content (AvgIpc) is 3.18. The zero-order valence-corrected chi connectivity index (χ0v) is 16.6. The van der Waals surface area contributed by atoms with Gasteiger partial charge in [-0.1, -0.05) is 6.07 Å². The van der Waals surface area contributed by atoms with E-state index in [4.69, 9.17) is 17.5 Å². The zero-order valence-electron chi connectivity index (χ0n) is 15.8. The first-order chi connectivity index (χ1) is 13.6. The number of nitriles is 1. The molecule has 2 aliphatic heterocycles. The minimum absolute atomic E-state index is 0.0283. The predicted octanol–water partition coefficient (Wildman–Crippen LogP) is 1.85. The van der Waals surface area contributed by atoms with Gasteiger partial charge in [0.1, 0.15) is 6.04 Å². The SMILES string of the molecule is N#Cc1cccc(NC(=S)N[C@H]2CCCCN(CC(=O)N3CCCC3)C2=O)c1. The van der Waals surface area contributed by atoms with Gasteiger partial charge in [0, 0.05) is 25.3 Å². The second-order valence-electron chi connectivity index (χ2n) is 7.19. The van der Waals surface area contributed by atoms with Crippen molar-refractivity contribution in [3.8, 4) is 6.07 Å². The highest BCUT2D eigenvalue weighted by Crippen LogP contribution is 2.15. The lowest BCUT2D eigenvalue weighted by molar-refractivity contribution is -0.140. The molecule has 1 atom stereocenters. The molecule has 2 saturated heterocycles. The molecule has 2 heterocycles. The summed E-state index contributed by atoms with van der Waals surface area (Å²) in [6.07, 6.45) is 4.52. The number of nitrogens with one attached hydrogen (secondary N) is 2. The van der Waals surface area contributed by atoms with E-state index < -0.39 is 6.04 Å². The molecular weight excluding hydrogens is 374 g/mol. The quantitative estimate of drug-likeness (QED) is 0.752. The molecule has 0 bridgehead atoms. The molecule has 8 heteroatoms. The Morgan fingerprint density at radius 2 is 1.96 bits per heavy atom. The first-order valence-electron chi connectivity index (χ1n) is 9.71. The lowest BCUT2D eigenvalue weighted by Crippen LogP contribution is -2.51. The van der Waals surface area contributed by atoms with E-state index in [1.807, 2.05) is 11.0 Å². The van der Waals surface area contributed by atoms with Crippen molar-refractivity contribution in [3.63, 3.8) is 0 Å². The minimum Gasteiger partial charge on any atom is -0.351 e. The maximum Gasteiger partial charge on any atom is 0.245 e. The highest BCUT2D eigenvalue weighted by Gasteiger charge is 2.30. The molecule has 148 valence electrons. The highest BCUT2D eigenvalue weighted by molar-refractivity contribution is 7.80. The first-order valence-corrected chi connectivity index (χ1v) is 10.1. The molecule has 2 N–H and O–H groups in total. The molecule has 1 aromatic rings. The zero-order chi connectivity index (χ0) is 19.9. The number of anilines is 1. The van der Waals surface area contributed by atoms with Crippen molar-refractivity contribution in [2.24, 2.45) is 0 Å². The van der Waals surface area contributed by atoms with Gasteiger partial charge in [-0.25, -0.2) is 0 Å². The van der Waals surface area contributed by atoms with E-state index in [0.29, 0.717) is 29.3 Å². The average molecular weight is 400 g/mol. The van der Waals surface area contributed by atoms with Crippen LogP contribution in [0.2, 0.25) is 0 Å². The molecule has 2 aliphatic rings. The van der Waals surface area contributed by atoms with Crippen molar-refractivity contribution in [2.45, 2.75) is 38.1 Å². The lowest BCUT2D eigenvalue weighted by Gasteiger charge is -2.27. The third-order valence-corrected chi connectivity index (χ3v) is 5.34. The van der Waals surface area contributed by atoms with Crippen LogP contribution in [0.1, 0.15) is 37.7 Å². The second-order valence-corrected chi connectivity index (χ2v) is 7.60. The van der Waals surface area contributed by atoms with Crippen molar-refractivity contribution in [1.82, 2.24) is 15.1 Å². The van der Waals surface area contributed by atoms with Gasteiger partial charge >= 0.3 is 0 Å². The van der Waals surface area contributed by atoms with Gasteiger partial charge < -0.3 is 20.4 Å². The van der Waals surface area contributed by atoms with Gasteiger partial charge in [-0.3, -0.25) is 9.59 Å². The second kappa shape index (κ2) is 9.51. The third-order valence-electron chi connectivity index (χ3n) is 5.12. The van der Waals surface area contributed by atoms with Crippen LogP contribution in [0.15, 0.2) is 24.3 Å². The number of rotatable bonds is 4. The number of carbonyl (C=O) groups is 2. The van der Waals surface area contributed by atoms with Crippen LogP contribution in [-0.2, 0) is 9.59 Å². The Bertz CT molecular complexity index is 785. The van der Waals surface area contributed by atoms with Gasteiger partial charge in [0.2, 0.25) is 11.8 Å². The van der Waals surface area contributed by atoms with Gasteiger partial charge in [0.25, 0.3) is 0 Å². The van der Waals surface area contributed by atoms with Gasteiger partial charge in [-0.15, -0.1) is 0 Å². The summed E-state index contributed by atoms with van der Waals surface area (Å²) < 4.78 is 0. The molecule has 0 aromatic heterocycles. The first kappa shape index (κ1) is 20.1. The monoisotopic (exact) mass is 399 g/mol. The van der Waals surface area contributed by atoms with Gasteiger partial charge in [-0.05, 0) is 62.5 Å². The van der Waals surface area contributed by atoms with E-state index in [0.717, 1.165) is 38.8 Å². The Hall–Kier alpha value is -2.66. The standard InChI is InChI=1S/C20H25N5O2S/c21-13-15-6-5-7-16(12-15)22-20(28)23-17-8-1-2-11-25(19(17)27)14-18(26)24-9-3-4-10-24/h5-7,12,17H,1-4,8-11,14H2,(H2,22,23,28)/t17-/m0/s1. The van der Waals surface area contributed by atoms with Crippen LogP contribution < -0.4 is 10.6 Å². The van der Waals surface area contributed by atoms with Gasteiger partial charge in [0.15, 0.2) is 5.11 Å². The Morgan fingerprint density at radius 1 is 1.21 bits per heavy atom. The van der Waals surface area contributed by atoms with Gasteiger partial charge in [0.05, 0.1) is 18.2 Å². The van der Waals surface area contributed by atoms with Crippen molar-refractivity contribution in [1.29, 1.82) is 5.26 Å². The predicted molar refractivity (Wildman–Crippen MR) is 111 cm³/mol. The van der Waals surface area contributed by atoms with Crippen molar-refractivity contribution in [2.75, 3.05) is 31.5 Å². The number of benzene rings is 1. The van der Waals surface area contributed by atoms with E-state index in [1.54, 1.807) is 23.1 Å².